The van der Waals surface area contributed by atoms with Gasteiger partial charge in [0.2, 0.25) is 0 Å². The molecule has 0 radical (unpaired) electrons. The van der Waals surface area contributed by atoms with Crippen LogP contribution >= 0.6 is 0 Å². The Bertz CT molecular complexity index is 632. The predicted molar refractivity (Wildman–Crippen MR) is 86.0 cm³/mol. The highest BCUT2D eigenvalue weighted by molar-refractivity contribution is 5.86. The highest BCUT2D eigenvalue weighted by Crippen LogP contribution is 2.23. The molecule has 22 heavy (non-hydrogen) atoms. The number of piperazine rings is 1. The normalized spacial score (nSPS) is 25.0. The quantitative estimate of drug-likeness (QED) is 0.875. The first-order valence-electron chi connectivity index (χ1n) is 8.13. The Balaban J connectivity index is 1.44. The second kappa shape index (κ2) is 5.81. The summed E-state index contributed by atoms with van der Waals surface area (Å²) in [5.74, 6) is 1.01. The number of hydrogen-bond acceptors (Lipinski definition) is 6. The van der Waals surface area contributed by atoms with E-state index in [1.54, 1.807) is 6.33 Å². The van der Waals surface area contributed by atoms with Gasteiger partial charge < -0.3 is 9.80 Å². The highest BCUT2D eigenvalue weighted by Gasteiger charge is 2.27. The van der Waals surface area contributed by atoms with Crippen LogP contribution in [0.15, 0.2) is 12.5 Å². The lowest BCUT2D eigenvalue weighted by Gasteiger charge is -2.43. The first-order valence-corrected chi connectivity index (χ1v) is 8.13. The van der Waals surface area contributed by atoms with Crippen molar-refractivity contribution in [3.8, 4) is 0 Å². The lowest BCUT2D eigenvalue weighted by molar-refractivity contribution is 0.106. The van der Waals surface area contributed by atoms with Crippen molar-refractivity contribution < 1.29 is 0 Å². The third kappa shape index (κ3) is 2.55. The fraction of sp³-hybridized carbons (Fsp3) is 0.667. The summed E-state index contributed by atoms with van der Waals surface area (Å²) < 4.78 is 0. The van der Waals surface area contributed by atoms with E-state index in [2.05, 4.69) is 41.9 Å². The molecule has 1 atom stereocenters. The van der Waals surface area contributed by atoms with Crippen LogP contribution in [0.2, 0.25) is 0 Å². The first kappa shape index (κ1) is 13.9. The molecule has 0 bridgehead atoms. The maximum Gasteiger partial charge on any atom is 0.160 e. The van der Waals surface area contributed by atoms with Gasteiger partial charge in [0, 0.05) is 38.8 Å². The Morgan fingerprint density at radius 3 is 2.82 bits per heavy atom. The van der Waals surface area contributed by atoms with Crippen LogP contribution in [-0.2, 0) is 0 Å². The number of hydrogen-bond donors (Lipinski definition) is 1. The van der Waals surface area contributed by atoms with Crippen molar-refractivity contribution in [2.75, 3.05) is 51.2 Å². The van der Waals surface area contributed by atoms with Gasteiger partial charge in [0.05, 0.1) is 11.6 Å². The third-order valence-electron chi connectivity index (χ3n) is 4.96. The third-order valence-corrected chi connectivity index (χ3v) is 4.96. The summed E-state index contributed by atoms with van der Waals surface area (Å²) in [6.07, 6.45) is 6.11. The number of nitrogens with one attached hydrogen (secondary N) is 1. The van der Waals surface area contributed by atoms with Crippen molar-refractivity contribution in [1.82, 2.24) is 30.0 Å². The Morgan fingerprint density at radius 2 is 2.00 bits per heavy atom. The smallest absolute Gasteiger partial charge is 0.160 e. The van der Waals surface area contributed by atoms with Gasteiger partial charge in [-0.2, -0.15) is 5.10 Å². The molecule has 0 spiro atoms. The topological polar surface area (TPSA) is 64.2 Å². The van der Waals surface area contributed by atoms with Gasteiger partial charge in [-0.1, -0.05) is 0 Å². The molecule has 2 aromatic rings. The molecule has 0 amide bonds. The lowest BCUT2D eigenvalue weighted by atomic mass is 10.0. The Kier molecular flexibility index (Phi) is 3.67. The number of aromatic amines is 1. The Labute approximate surface area is 130 Å². The van der Waals surface area contributed by atoms with Gasteiger partial charge in [0.15, 0.2) is 5.65 Å². The zero-order valence-electron chi connectivity index (χ0n) is 13.1. The molecule has 2 aromatic heterocycles. The number of H-pyrrole nitrogens is 1. The average Bonchev–Trinajstić information content (AvgIpc) is 3.04. The van der Waals surface area contributed by atoms with Crippen LogP contribution in [-0.4, -0.2) is 82.3 Å². The summed E-state index contributed by atoms with van der Waals surface area (Å²) in [5.41, 5.74) is 0.821. The minimum atomic E-state index is 0.722. The zero-order chi connectivity index (χ0) is 14.9. The van der Waals surface area contributed by atoms with Crippen LogP contribution in [0.4, 0.5) is 5.82 Å². The highest BCUT2D eigenvalue weighted by atomic mass is 15.3. The summed E-state index contributed by atoms with van der Waals surface area (Å²) in [7, 11) is 2.24. The van der Waals surface area contributed by atoms with Crippen molar-refractivity contribution >= 4 is 16.9 Å². The number of fused-ring (bicyclic) bond motifs is 1. The van der Waals surface area contributed by atoms with Crippen LogP contribution in [0, 0.1) is 0 Å². The van der Waals surface area contributed by atoms with E-state index in [-0.39, 0.29) is 0 Å². The van der Waals surface area contributed by atoms with Crippen molar-refractivity contribution in [2.24, 2.45) is 0 Å². The number of piperidine rings is 1. The molecule has 2 fully saturated rings. The summed E-state index contributed by atoms with van der Waals surface area (Å²) in [6, 6.07) is 0.722. The second-order valence-electron chi connectivity index (χ2n) is 6.41. The van der Waals surface area contributed by atoms with E-state index < -0.39 is 0 Å². The largest absolute Gasteiger partial charge is 0.353 e. The van der Waals surface area contributed by atoms with E-state index in [0.717, 1.165) is 49.1 Å². The molecule has 0 saturated carbocycles. The molecule has 0 aliphatic carbocycles. The van der Waals surface area contributed by atoms with E-state index in [1.807, 2.05) is 6.20 Å². The van der Waals surface area contributed by atoms with Gasteiger partial charge in [0.25, 0.3) is 0 Å². The van der Waals surface area contributed by atoms with E-state index in [0.29, 0.717) is 0 Å². The van der Waals surface area contributed by atoms with Crippen molar-refractivity contribution in [2.45, 2.75) is 18.9 Å². The molecular formula is C15H23N7. The van der Waals surface area contributed by atoms with Gasteiger partial charge in [-0.25, -0.2) is 9.97 Å². The molecule has 7 heteroatoms. The molecule has 2 saturated heterocycles. The lowest BCUT2D eigenvalue weighted by Crippen LogP contribution is -2.54. The molecule has 2 aliphatic rings. The van der Waals surface area contributed by atoms with Gasteiger partial charge in [-0.15, -0.1) is 0 Å². The summed E-state index contributed by atoms with van der Waals surface area (Å²) in [5, 5.41) is 8.03. The fourth-order valence-corrected chi connectivity index (χ4v) is 3.74. The van der Waals surface area contributed by atoms with E-state index in [1.165, 1.54) is 25.9 Å². The summed E-state index contributed by atoms with van der Waals surface area (Å²) in [6.45, 7) is 6.73. The second-order valence-corrected chi connectivity index (χ2v) is 6.41. The molecular weight excluding hydrogens is 278 g/mol. The van der Waals surface area contributed by atoms with Gasteiger partial charge in [-0.3, -0.25) is 10.00 Å². The van der Waals surface area contributed by atoms with E-state index in [4.69, 9.17) is 0 Å². The number of rotatable bonds is 2. The first-order chi connectivity index (χ1) is 10.8. The molecule has 118 valence electrons. The summed E-state index contributed by atoms with van der Waals surface area (Å²) in [4.78, 5) is 16.2. The van der Waals surface area contributed by atoms with E-state index >= 15 is 0 Å². The number of nitrogens with zero attached hydrogens (tertiary/aromatic N) is 6. The Morgan fingerprint density at radius 1 is 1.14 bits per heavy atom. The van der Waals surface area contributed by atoms with Crippen LogP contribution < -0.4 is 4.90 Å². The van der Waals surface area contributed by atoms with E-state index in [9.17, 15) is 0 Å². The van der Waals surface area contributed by atoms with Crippen molar-refractivity contribution in [3.05, 3.63) is 12.5 Å². The average molecular weight is 301 g/mol. The molecule has 0 aromatic carbocycles. The molecule has 4 rings (SSSR count). The number of likely N-dealkylation sites (tertiary alicyclic amines) is 1. The standard InChI is InChI=1S/C15H23N7/c1-20-4-2-3-12(10-20)21-5-7-22(8-6-21)15-13-9-18-19-14(13)16-11-17-15/h9,11-12H,2-8,10H2,1H3,(H,16,17,18,19). The maximum absolute atomic E-state index is 4.48. The van der Waals surface area contributed by atoms with Gasteiger partial charge in [0.1, 0.15) is 12.1 Å². The van der Waals surface area contributed by atoms with Crippen molar-refractivity contribution in [3.63, 3.8) is 0 Å². The minimum Gasteiger partial charge on any atom is -0.353 e. The van der Waals surface area contributed by atoms with Crippen molar-refractivity contribution in [1.29, 1.82) is 0 Å². The SMILES string of the molecule is CN1CCCC(N2CCN(c3ncnc4[nH]ncc34)CC2)C1. The molecule has 4 heterocycles. The predicted octanol–water partition coefficient (Wildman–Crippen LogP) is 0.569. The number of likely N-dealkylation sites (N-methyl/N-ethyl adjacent to an activating group) is 1. The Hall–Kier alpha value is -1.73. The molecule has 7 nitrogen and oxygen atoms in total. The zero-order valence-corrected chi connectivity index (χ0v) is 13.1. The van der Waals surface area contributed by atoms with Gasteiger partial charge in [-0.05, 0) is 26.4 Å². The van der Waals surface area contributed by atoms with Crippen LogP contribution in [0.3, 0.4) is 0 Å². The van der Waals surface area contributed by atoms with Gasteiger partial charge >= 0.3 is 0 Å². The molecule has 2 aliphatic heterocycles. The summed E-state index contributed by atoms with van der Waals surface area (Å²) >= 11 is 0. The van der Waals surface area contributed by atoms with Crippen LogP contribution in [0.1, 0.15) is 12.8 Å². The molecule has 1 unspecified atom stereocenters. The van der Waals surface area contributed by atoms with Crippen LogP contribution in [0.5, 0.6) is 0 Å². The fourth-order valence-electron chi connectivity index (χ4n) is 3.74. The number of aromatic nitrogens is 4. The number of anilines is 1. The monoisotopic (exact) mass is 301 g/mol. The maximum atomic E-state index is 4.48. The molecule has 1 N–H and O–H groups in total. The minimum absolute atomic E-state index is 0.722. The van der Waals surface area contributed by atoms with Crippen LogP contribution in [0.25, 0.3) is 11.0 Å².